The molecule has 140 valence electrons. The number of carbonyl (C=O) groups excluding carboxylic acids is 1. The molecule has 3 rings (SSSR count). The summed E-state index contributed by atoms with van der Waals surface area (Å²) in [5.74, 6) is -0.275. The lowest BCUT2D eigenvalue weighted by Gasteiger charge is -2.16. The average Bonchev–Trinajstić information content (AvgIpc) is 3.26. The standard InChI is InChI=1S/C15H19N5O4S2/c1-19-14(22)17-18-15(19)25-10-13(21)16-11-5-4-6-12(9-11)26(23,24)20-7-2-3-8-20/h4-6,9H,2-3,7-8,10H2,1H3,(H,16,21)(H,17,22). The Morgan fingerprint density at radius 1 is 1.35 bits per heavy atom. The van der Waals surface area contributed by atoms with Gasteiger partial charge < -0.3 is 5.32 Å². The molecule has 2 heterocycles. The van der Waals surface area contributed by atoms with Gasteiger partial charge in [0.25, 0.3) is 0 Å². The van der Waals surface area contributed by atoms with Crippen molar-refractivity contribution in [1.82, 2.24) is 19.1 Å². The van der Waals surface area contributed by atoms with E-state index < -0.39 is 10.0 Å². The highest BCUT2D eigenvalue weighted by Crippen LogP contribution is 2.23. The molecule has 0 saturated carbocycles. The number of benzene rings is 1. The van der Waals surface area contributed by atoms with Crippen LogP contribution in [-0.2, 0) is 21.9 Å². The van der Waals surface area contributed by atoms with Gasteiger partial charge in [-0.15, -0.1) is 5.10 Å². The molecule has 11 heteroatoms. The highest BCUT2D eigenvalue weighted by molar-refractivity contribution is 7.99. The van der Waals surface area contributed by atoms with E-state index in [1.54, 1.807) is 19.2 Å². The maximum atomic E-state index is 12.6. The van der Waals surface area contributed by atoms with Gasteiger partial charge in [0.05, 0.1) is 10.6 Å². The number of aromatic amines is 1. The van der Waals surface area contributed by atoms with Crippen molar-refractivity contribution in [2.45, 2.75) is 22.9 Å². The molecule has 0 radical (unpaired) electrons. The molecular weight excluding hydrogens is 378 g/mol. The molecule has 1 aromatic heterocycles. The highest BCUT2D eigenvalue weighted by Gasteiger charge is 2.27. The van der Waals surface area contributed by atoms with Gasteiger partial charge in [0.15, 0.2) is 5.16 Å². The van der Waals surface area contributed by atoms with E-state index in [0.717, 1.165) is 24.6 Å². The number of thioether (sulfide) groups is 1. The third kappa shape index (κ3) is 4.00. The zero-order valence-corrected chi connectivity index (χ0v) is 15.8. The Hall–Kier alpha value is -2.11. The number of carbonyl (C=O) groups is 1. The van der Waals surface area contributed by atoms with Gasteiger partial charge in [0, 0.05) is 25.8 Å². The molecule has 1 saturated heterocycles. The fourth-order valence-corrected chi connectivity index (χ4v) is 4.88. The first-order chi connectivity index (χ1) is 12.4. The van der Waals surface area contributed by atoms with E-state index >= 15 is 0 Å². The third-order valence-corrected chi connectivity index (χ3v) is 6.92. The summed E-state index contributed by atoms with van der Waals surface area (Å²) in [7, 11) is -1.98. The normalized spacial score (nSPS) is 15.3. The molecule has 0 unspecified atom stereocenters. The Kier molecular flexibility index (Phi) is 5.49. The topological polar surface area (TPSA) is 117 Å². The molecule has 0 bridgehead atoms. The quantitative estimate of drug-likeness (QED) is 0.690. The van der Waals surface area contributed by atoms with Gasteiger partial charge >= 0.3 is 5.69 Å². The van der Waals surface area contributed by atoms with Crippen LogP contribution in [0.2, 0.25) is 0 Å². The number of H-pyrrole nitrogens is 1. The van der Waals surface area contributed by atoms with Crippen LogP contribution in [0.4, 0.5) is 5.69 Å². The second-order valence-corrected chi connectivity index (χ2v) is 8.73. The number of amides is 1. The minimum Gasteiger partial charge on any atom is -0.325 e. The van der Waals surface area contributed by atoms with Crippen LogP contribution in [0.25, 0.3) is 0 Å². The first-order valence-corrected chi connectivity index (χ1v) is 10.4. The summed E-state index contributed by atoms with van der Waals surface area (Å²) in [6.07, 6.45) is 1.73. The maximum Gasteiger partial charge on any atom is 0.343 e. The molecule has 0 aliphatic carbocycles. The predicted octanol–water partition coefficient (Wildman–Crippen LogP) is 0.624. The van der Waals surface area contributed by atoms with Crippen LogP contribution in [0.1, 0.15) is 12.8 Å². The molecule has 0 spiro atoms. The second-order valence-electron chi connectivity index (χ2n) is 5.85. The number of aromatic nitrogens is 3. The number of hydrogen-bond donors (Lipinski definition) is 2. The number of anilines is 1. The highest BCUT2D eigenvalue weighted by atomic mass is 32.2. The van der Waals surface area contributed by atoms with Gasteiger partial charge in [-0.25, -0.2) is 18.3 Å². The van der Waals surface area contributed by atoms with E-state index in [2.05, 4.69) is 15.5 Å². The molecule has 1 fully saturated rings. The molecular formula is C15H19N5O4S2. The van der Waals surface area contributed by atoms with Crippen LogP contribution in [-0.4, -0.2) is 52.2 Å². The minimum absolute atomic E-state index is 0.0429. The number of hydrogen-bond acceptors (Lipinski definition) is 6. The molecule has 2 N–H and O–H groups in total. The monoisotopic (exact) mass is 397 g/mol. The van der Waals surface area contributed by atoms with Crippen LogP contribution < -0.4 is 11.0 Å². The summed E-state index contributed by atoms with van der Waals surface area (Å²) in [5.41, 5.74) is 0.0551. The van der Waals surface area contributed by atoms with E-state index in [0.29, 0.717) is 23.9 Å². The van der Waals surface area contributed by atoms with Crippen molar-refractivity contribution >= 4 is 33.4 Å². The van der Waals surface area contributed by atoms with Crippen molar-refractivity contribution in [3.05, 3.63) is 34.7 Å². The summed E-state index contributed by atoms with van der Waals surface area (Å²) in [6.45, 7) is 1.05. The lowest BCUT2D eigenvalue weighted by molar-refractivity contribution is -0.113. The maximum absolute atomic E-state index is 12.6. The van der Waals surface area contributed by atoms with Gasteiger partial charge in [-0.1, -0.05) is 17.8 Å². The average molecular weight is 397 g/mol. The Labute approximate surface area is 154 Å². The van der Waals surface area contributed by atoms with Crippen LogP contribution in [0.3, 0.4) is 0 Å². The SMILES string of the molecule is Cn1c(SCC(=O)Nc2cccc(S(=O)(=O)N3CCCC3)c2)n[nH]c1=O. The molecule has 2 aromatic rings. The Bertz CT molecular complexity index is 960. The summed E-state index contributed by atoms with van der Waals surface area (Å²) in [5, 5.41) is 9.18. The minimum atomic E-state index is -3.53. The van der Waals surface area contributed by atoms with Crippen molar-refractivity contribution in [1.29, 1.82) is 0 Å². The van der Waals surface area contributed by atoms with E-state index in [4.69, 9.17) is 0 Å². The summed E-state index contributed by atoms with van der Waals surface area (Å²) < 4.78 is 27.9. The number of nitrogens with one attached hydrogen (secondary N) is 2. The van der Waals surface area contributed by atoms with E-state index in [-0.39, 0.29) is 22.2 Å². The van der Waals surface area contributed by atoms with Gasteiger partial charge in [-0.2, -0.15) is 4.31 Å². The molecule has 26 heavy (non-hydrogen) atoms. The zero-order chi connectivity index (χ0) is 18.7. The van der Waals surface area contributed by atoms with Gasteiger partial charge in [0.1, 0.15) is 0 Å². The van der Waals surface area contributed by atoms with Crippen molar-refractivity contribution in [2.24, 2.45) is 7.05 Å². The van der Waals surface area contributed by atoms with E-state index in [1.807, 2.05) is 0 Å². The molecule has 1 aliphatic heterocycles. The van der Waals surface area contributed by atoms with Crippen molar-refractivity contribution in [2.75, 3.05) is 24.2 Å². The van der Waals surface area contributed by atoms with Crippen molar-refractivity contribution in [3.8, 4) is 0 Å². The fraction of sp³-hybridized carbons (Fsp3) is 0.400. The zero-order valence-electron chi connectivity index (χ0n) is 14.1. The van der Waals surface area contributed by atoms with Crippen molar-refractivity contribution < 1.29 is 13.2 Å². The van der Waals surface area contributed by atoms with E-state index in [1.165, 1.54) is 21.0 Å². The summed E-state index contributed by atoms with van der Waals surface area (Å²) in [6, 6.07) is 6.22. The smallest absolute Gasteiger partial charge is 0.325 e. The first kappa shape index (κ1) is 18.7. The first-order valence-electron chi connectivity index (χ1n) is 8.02. The molecule has 9 nitrogen and oxygen atoms in total. The molecule has 1 amide bonds. The predicted molar refractivity (Wildman–Crippen MR) is 97.6 cm³/mol. The fourth-order valence-electron chi connectivity index (χ4n) is 2.60. The van der Waals surface area contributed by atoms with E-state index in [9.17, 15) is 18.0 Å². The van der Waals surface area contributed by atoms with Gasteiger partial charge in [-0.3, -0.25) is 9.36 Å². The summed E-state index contributed by atoms with van der Waals surface area (Å²) >= 11 is 1.11. The van der Waals surface area contributed by atoms with Gasteiger partial charge in [0.2, 0.25) is 15.9 Å². The van der Waals surface area contributed by atoms with Crippen LogP contribution in [0.15, 0.2) is 39.1 Å². The third-order valence-electron chi connectivity index (χ3n) is 3.99. The number of nitrogens with zero attached hydrogens (tertiary/aromatic N) is 3. The lowest BCUT2D eigenvalue weighted by atomic mass is 10.3. The molecule has 0 atom stereocenters. The second kappa shape index (κ2) is 7.64. The van der Waals surface area contributed by atoms with Crippen LogP contribution >= 0.6 is 11.8 Å². The summed E-state index contributed by atoms with van der Waals surface area (Å²) in [4.78, 5) is 23.6. The Morgan fingerprint density at radius 2 is 2.08 bits per heavy atom. The molecule has 1 aliphatic rings. The van der Waals surface area contributed by atoms with Crippen molar-refractivity contribution in [3.63, 3.8) is 0 Å². The largest absolute Gasteiger partial charge is 0.343 e. The lowest BCUT2D eigenvalue weighted by Crippen LogP contribution is -2.28. The van der Waals surface area contributed by atoms with Gasteiger partial charge in [-0.05, 0) is 31.0 Å². The van der Waals surface area contributed by atoms with Crippen LogP contribution in [0.5, 0.6) is 0 Å². The molecule has 1 aromatic carbocycles. The Morgan fingerprint density at radius 3 is 2.73 bits per heavy atom. The number of sulfonamides is 1. The number of rotatable bonds is 6. The van der Waals surface area contributed by atoms with Crippen LogP contribution in [0, 0.1) is 0 Å². The Balaban J connectivity index is 1.65.